The van der Waals surface area contributed by atoms with E-state index >= 15 is 0 Å². The molecular weight excluding hydrogens is 244 g/mol. The molecule has 0 aliphatic carbocycles. The monoisotopic (exact) mass is 266 g/mol. The molecule has 20 heavy (non-hydrogen) atoms. The second-order valence-corrected chi connectivity index (χ2v) is 5.58. The average molecular weight is 266 g/mol. The van der Waals surface area contributed by atoms with Crippen molar-refractivity contribution >= 4 is 11.8 Å². The molecule has 104 valence electrons. The van der Waals surface area contributed by atoms with E-state index in [2.05, 4.69) is 71.6 Å². The summed E-state index contributed by atoms with van der Waals surface area (Å²) in [6.45, 7) is 3.41. The first kappa shape index (κ1) is 13.0. The summed E-state index contributed by atoms with van der Waals surface area (Å²) in [6, 6.07) is 8.90. The SMILES string of the molecule is CN1C=CC(/C=C\c2ccc(N3CCCC3)cc2)=CC1. The Labute approximate surface area is 121 Å². The van der Waals surface area contributed by atoms with Gasteiger partial charge in [0, 0.05) is 32.4 Å². The zero-order chi connectivity index (χ0) is 13.8. The van der Waals surface area contributed by atoms with Crippen LogP contribution in [0.15, 0.2) is 54.3 Å². The smallest absolute Gasteiger partial charge is 0.0366 e. The normalized spacial score (nSPS) is 18.9. The van der Waals surface area contributed by atoms with E-state index in [0.29, 0.717) is 0 Å². The Bertz CT molecular complexity index is 531. The van der Waals surface area contributed by atoms with Crippen LogP contribution in [0.4, 0.5) is 5.69 Å². The molecule has 2 aliphatic heterocycles. The van der Waals surface area contributed by atoms with Crippen LogP contribution in [0.3, 0.4) is 0 Å². The van der Waals surface area contributed by atoms with Crippen molar-refractivity contribution in [3.8, 4) is 0 Å². The molecule has 2 heteroatoms. The first-order chi connectivity index (χ1) is 9.81. The number of allylic oxidation sites excluding steroid dienone is 3. The molecule has 0 bridgehead atoms. The Balaban J connectivity index is 1.64. The van der Waals surface area contributed by atoms with E-state index in [1.807, 2.05) is 0 Å². The third kappa shape index (κ3) is 3.13. The molecule has 0 aromatic heterocycles. The van der Waals surface area contributed by atoms with Crippen LogP contribution < -0.4 is 4.90 Å². The second kappa shape index (κ2) is 6.00. The van der Waals surface area contributed by atoms with Crippen LogP contribution >= 0.6 is 0 Å². The van der Waals surface area contributed by atoms with Gasteiger partial charge in [-0.3, -0.25) is 0 Å². The fourth-order valence-electron chi connectivity index (χ4n) is 2.68. The van der Waals surface area contributed by atoms with E-state index in [1.54, 1.807) is 0 Å². The molecule has 0 atom stereocenters. The lowest BCUT2D eigenvalue weighted by atomic mass is 10.1. The molecule has 0 radical (unpaired) electrons. The molecule has 1 fully saturated rings. The van der Waals surface area contributed by atoms with Crippen LogP contribution in [0.2, 0.25) is 0 Å². The van der Waals surface area contributed by atoms with Gasteiger partial charge in [-0.1, -0.05) is 30.4 Å². The largest absolute Gasteiger partial charge is 0.377 e. The van der Waals surface area contributed by atoms with Gasteiger partial charge in [-0.15, -0.1) is 0 Å². The molecule has 0 unspecified atom stereocenters. The molecule has 1 saturated heterocycles. The lowest BCUT2D eigenvalue weighted by Crippen LogP contribution is -2.17. The van der Waals surface area contributed by atoms with Gasteiger partial charge in [-0.2, -0.15) is 0 Å². The van der Waals surface area contributed by atoms with Gasteiger partial charge in [-0.05, 0) is 48.4 Å². The lowest BCUT2D eigenvalue weighted by Gasteiger charge is -2.17. The van der Waals surface area contributed by atoms with Gasteiger partial charge in [0.2, 0.25) is 0 Å². The van der Waals surface area contributed by atoms with Crippen molar-refractivity contribution in [3.63, 3.8) is 0 Å². The molecule has 3 rings (SSSR count). The third-order valence-electron chi connectivity index (χ3n) is 3.97. The number of nitrogens with zero attached hydrogens (tertiary/aromatic N) is 2. The van der Waals surface area contributed by atoms with Gasteiger partial charge in [0.1, 0.15) is 0 Å². The van der Waals surface area contributed by atoms with Crippen LogP contribution in [0.25, 0.3) is 6.08 Å². The minimum absolute atomic E-state index is 0.990. The predicted octanol–water partition coefficient (Wildman–Crippen LogP) is 3.69. The average Bonchev–Trinajstić information content (AvgIpc) is 3.01. The van der Waals surface area contributed by atoms with Gasteiger partial charge in [0.25, 0.3) is 0 Å². The summed E-state index contributed by atoms with van der Waals surface area (Å²) >= 11 is 0. The highest BCUT2D eigenvalue weighted by Gasteiger charge is 2.11. The zero-order valence-corrected chi connectivity index (χ0v) is 12.1. The third-order valence-corrected chi connectivity index (χ3v) is 3.97. The number of anilines is 1. The molecule has 2 aliphatic rings. The van der Waals surface area contributed by atoms with Gasteiger partial charge >= 0.3 is 0 Å². The Morgan fingerprint density at radius 3 is 2.40 bits per heavy atom. The number of hydrogen-bond acceptors (Lipinski definition) is 2. The van der Waals surface area contributed by atoms with Crippen LogP contribution in [-0.2, 0) is 0 Å². The van der Waals surface area contributed by atoms with Gasteiger partial charge in [0.15, 0.2) is 0 Å². The van der Waals surface area contributed by atoms with E-state index in [1.165, 1.54) is 42.8 Å². The van der Waals surface area contributed by atoms with Crippen LogP contribution in [-0.4, -0.2) is 31.6 Å². The highest BCUT2D eigenvalue weighted by atomic mass is 15.1. The van der Waals surface area contributed by atoms with E-state index in [9.17, 15) is 0 Å². The summed E-state index contributed by atoms with van der Waals surface area (Å²) in [5.74, 6) is 0. The van der Waals surface area contributed by atoms with Gasteiger partial charge in [-0.25, -0.2) is 0 Å². The van der Waals surface area contributed by atoms with Crippen LogP contribution in [0, 0.1) is 0 Å². The van der Waals surface area contributed by atoms with Gasteiger partial charge in [0.05, 0.1) is 0 Å². The molecule has 2 heterocycles. The van der Waals surface area contributed by atoms with E-state index in [0.717, 1.165) is 6.54 Å². The van der Waals surface area contributed by atoms with Crippen molar-refractivity contribution in [2.75, 3.05) is 31.6 Å². The quantitative estimate of drug-likeness (QED) is 0.823. The van der Waals surface area contributed by atoms with Crippen molar-refractivity contribution in [2.45, 2.75) is 12.8 Å². The molecule has 1 aromatic carbocycles. The first-order valence-corrected chi connectivity index (χ1v) is 7.43. The number of benzene rings is 1. The minimum Gasteiger partial charge on any atom is -0.377 e. The Morgan fingerprint density at radius 1 is 1.00 bits per heavy atom. The Kier molecular flexibility index (Phi) is 3.91. The van der Waals surface area contributed by atoms with E-state index in [-0.39, 0.29) is 0 Å². The number of rotatable bonds is 3. The summed E-state index contributed by atoms with van der Waals surface area (Å²) in [4.78, 5) is 4.64. The topological polar surface area (TPSA) is 6.48 Å². The van der Waals surface area contributed by atoms with Crippen molar-refractivity contribution in [2.24, 2.45) is 0 Å². The number of hydrogen-bond donors (Lipinski definition) is 0. The minimum atomic E-state index is 0.990. The molecule has 0 amide bonds. The standard InChI is InChI=1S/C18H22N2/c1-19-14-10-17(11-15-19)5-4-16-6-8-18(9-7-16)20-12-2-3-13-20/h4-11,14H,2-3,12-13,15H2,1H3/b5-4-. The van der Waals surface area contributed by atoms with Gasteiger partial charge < -0.3 is 9.80 Å². The highest BCUT2D eigenvalue weighted by molar-refractivity contribution is 5.59. The maximum Gasteiger partial charge on any atom is 0.0366 e. The highest BCUT2D eigenvalue weighted by Crippen LogP contribution is 2.21. The van der Waals surface area contributed by atoms with Crippen LogP contribution in [0.1, 0.15) is 18.4 Å². The van der Waals surface area contributed by atoms with Crippen molar-refractivity contribution in [1.82, 2.24) is 4.90 Å². The van der Waals surface area contributed by atoms with Crippen molar-refractivity contribution in [3.05, 3.63) is 59.8 Å². The molecule has 0 spiro atoms. The molecule has 0 saturated carbocycles. The molecule has 2 nitrogen and oxygen atoms in total. The second-order valence-electron chi connectivity index (χ2n) is 5.58. The fourth-order valence-corrected chi connectivity index (χ4v) is 2.68. The zero-order valence-electron chi connectivity index (χ0n) is 12.1. The lowest BCUT2D eigenvalue weighted by molar-refractivity contribution is 0.503. The maximum atomic E-state index is 2.47. The maximum absolute atomic E-state index is 2.47. The Hall–Kier alpha value is -1.96. The summed E-state index contributed by atoms with van der Waals surface area (Å²) in [6.07, 6.45) is 13.6. The molecular formula is C18H22N2. The summed E-state index contributed by atoms with van der Waals surface area (Å²) < 4.78 is 0. The van der Waals surface area contributed by atoms with Crippen LogP contribution in [0.5, 0.6) is 0 Å². The molecule has 0 N–H and O–H groups in total. The van der Waals surface area contributed by atoms with Crippen molar-refractivity contribution in [1.29, 1.82) is 0 Å². The Morgan fingerprint density at radius 2 is 1.75 bits per heavy atom. The predicted molar refractivity (Wildman–Crippen MR) is 86.8 cm³/mol. The van der Waals surface area contributed by atoms with Crippen molar-refractivity contribution < 1.29 is 0 Å². The van der Waals surface area contributed by atoms with E-state index in [4.69, 9.17) is 0 Å². The summed E-state index contributed by atoms with van der Waals surface area (Å²) in [7, 11) is 2.09. The first-order valence-electron chi connectivity index (χ1n) is 7.43. The fraction of sp³-hybridized carbons (Fsp3) is 0.333. The van der Waals surface area contributed by atoms with E-state index < -0.39 is 0 Å². The molecule has 1 aromatic rings. The summed E-state index contributed by atoms with van der Waals surface area (Å²) in [5.41, 5.74) is 3.91. The number of likely N-dealkylation sites (N-methyl/N-ethyl adjacent to an activating group) is 1. The summed E-state index contributed by atoms with van der Waals surface area (Å²) in [5, 5.41) is 0.